The van der Waals surface area contributed by atoms with Crippen molar-refractivity contribution in [3.05, 3.63) is 130 Å². The molecule has 1 atom stereocenters. The topological polar surface area (TPSA) is 86.8 Å². The fourth-order valence-electron chi connectivity index (χ4n) is 4.79. The number of hydrogen-bond donors (Lipinski definition) is 1. The number of carbonyl (C=O) groups excluding carboxylic acids is 2. The fraction of sp³-hybridized carbons (Fsp3) is 0.257. The molecule has 4 rings (SSSR count). The van der Waals surface area contributed by atoms with Gasteiger partial charge in [0.05, 0.1) is 15.6 Å². The third kappa shape index (κ3) is 9.09. The van der Waals surface area contributed by atoms with Gasteiger partial charge in [-0.15, -0.1) is 0 Å². The Bertz CT molecular complexity index is 1750. The van der Waals surface area contributed by atoms with Crippen LogP contribution in [-0.4, -0.2) is 44.3 Å². The molecule has 0 heterocycles. The van der Waals surface area contributed by atoms with Gasteiger partial charge in [-0.25, -0.2) is 12.8 Å². The van der Waals surface area contributed by atoms with E-state index in [0.717, 1.165) is 15.4 Å². The number of halogens is 3. The second kappa shape index (κ2) is 15.6. The van der Waals surface area contributed by atoms with E-state index in [1.165, 1.54) is 59.5 Å². The first-order chi connectivity index (χ1) is 21.8. The predicted octanol–water partition coefficient (Wildman–Crippen LogP) is 7.05. The van der Waals surface area contributed by atoms with Crippen molar-refractivity contribution in [2.24, 2.45) is 5.92 Å². The molecular weight excluding hydrogens is 648 g/mol. The van der Waals surface area contributed by atoms with Gasteiger partial charge in [0.25, 0.3) is 10.0 Å². The zero-order valence-corrected chi connectivity index (χ0v) is 28.1. The first kappa shape index (κ1) is 34.9. The van der Waals surface area contributed by atoms with Gasteiger partial charge in [-0.05, 0) is 66.4 Å². The van der Waals surface area contributed by atoms with E-state index in [1.54, 1.807) is 12.1 Å². The molecule has 0 aliphatic rings. The van der Waals surface area contributed by atoms with Gasteiger partial charge in [0.1, 0.15) is 18.4 Å². The standard InChI is InChI=1S/C35H36Cl2FN3O4S/c1-24(2)21-39-35(43)33(19-26-7-5-4-6-8-26)40(22-27-11-14-29(38)15-12-27)34(42)23-41(32-20-28(36)13-18-31(32)37)46(44,45)30-16-9-25(3)10-17-30/h4-18,20,24,33H,19,21-23H2,1-3H3,(H,39,43). The van der Waals surface area contributed by atoms with Gasteiger partial charge in [-0.3, -0.25) is 13.9 Å². The molecule has 0 radical (unpaired) electrons. The lowest BCUT2D eigenvalue weighted by Gasteiger charge is -2.34. The zero-order valence-electron chi connectivity index (χ0n) is 25.8. The number of nitrogens with one attached hydrogen (secondary N) is 1. The lowest BCUT2D eigenvalue weighted by atomic mass is 10.0. The lowest BCUT2D eigenvalue weighted by molar-refractivity contribution is -0.140. The Labute approximate surface area is 280 Å². The number of nitrogens with zero attached hydrogens (tertiary/aromatic N) is 2. The third-order valence-corrected chi connectivity index (χ3v) is 9.62. The number of anilines is 1. The van der Waals surface area contributed by atoms with Gasteiger partial charge >= 0.3 is 0 Å². The summed E-state index contributed by atoms with van der Waals surface area (Å²) in [5.41, 5.74) is 2.21. The third-order valence-electron chi connectivity index (χ3n) is 7.29. The van der Waals surface area contributed by atoms with Gasteiger partial charge < -0.3 is 10.2 Å². The largest absolute Gasteiger partial charge is 0.354 e. The highest BCUT2D eigenvalue weighted by Gasteiger charge is 2.35. The second-order valence-electron chi connectivity index (χ2n) is 11.4. The van der Waals surface area contributed by atoms with Gasteiger partial charge in [0.2, 0.25) is 11.8 Å². The molecule has 1 N–H and O–H groups in total. The molecule has 11 heteroatoms. The molecule has 0 aliphatic heterocycles. The molecule has 4 aromatic carbocycles. The van der Waals surface area contributed by atoms with Crippen molar-refractivity contribution in [3.8, 4) is 0 Å². The Hall–Kier alpha value is -3.92. The molecule has 0 saturated carbocycles. The van der Waals surface area contributed by atoms with E-state index in [0.29, 0.717) is 12.1 Å². The fourth-order valence-corrected chi connectivity index (χ4v) is 6.65. The van der Waals surface area contributed by atoms with Crippen molar-refractivity contribution in [3.63, 3.8) is 0 Å². The summed E-state index contributed by atoms with van der Waals surface area (Å²) in [5.74, 6) is -1.38. The Kier molecular flexibility index (Phi) is 11.8. The van der Waals surface area contributed by atoms with Crippen molar-refractivity contribution in [1.82, 2.24) is 10.2 Å². The maximum absolute atomic E-state index is 14.5. The Balaban J connectivity index is 1.82. The first-order valence-corrected chi connectivity index (χ1v) is 16.9. The minimum absolute atomic E-state index is 0.00805. The van der Waals surface area contributed by atoms with E-state index >= 15 is 0 Å². The Morgan fingerprint density at radius 3 is 2.15 bits per heavy atom. The maximum Gasteiger partial charge on any atom is 0.264 e. The quantitative estimate of drug-likeness (QED) is 0.164. The van der Waals surface area contributed by atoms with Crippen molar-refractivity contribution >= 4 is 50.7 Å². The van der Waals surface area contributed by atoms with Crippen molar-refractivity contribution < 1.29 is 22.4 Å². The van der Waals surface area contributed by atoms with Gasteiger partial charge in [-0.1, -0.05) is 97.2 Å². The Morgan fingerprint density at radius 1 is 0.870 bits per heavy atom. The van der Waals surface area contributed by atoms with Crippen LogP contribution in [0.3, 0.4) is 0 Å². The van der Waals surface area contributed by atoms with Crippen molar-refractivity contribution in [2.45, 2.75) is 44.7 Å². The van der Waals surface area contributed by atoms with Crippen molar-refractivity contribution in [1.29, 1.82) is 0 Å². The predicted molar refractivity (Wildman–Crippen MR) is 181 cm³/mol. The molecular formula is C35H36Cl2FN3O4S. The van der Waals surface area contributed by atoms with Crippen LogP contribution in [0.25, 0.3) is 0 Å². The summed E-state index contributed by atoms with van der Waals surface area (Å²) in [6.07, 6.45) is 0.153. The number of amides is 2. The van der Waals surface area contributed by atoms with Crippen LogP contribution >= 0.6 is 23.2 Å². The monoisotopic (exact) mass is 683 g/mol. The average Bonchev–Trinajstić information content (AvgIpc) is 3.03. The van der Waals surface area contributed by atoms with Crippen LogP contribution in [-0.2, 0) is 32.6 Å². The minimum Gasteiger partial charge on any atom is -0.354 e. The molecule has 0 aliphatic carbocycles. The van der Waals surface area contributed by atoms with Crippen LogP contribution < -0.4 is 9.62 Å². The maximum atomic E-state index is 14.5. The highest BCUT2D eigenvalue weighted by molar-refractivity contribution is 7.92. The summed E-state index contributed by atoms with van der Waals surface area (Å²) in [6, 6.07) is 24.3. The van der Waals surface area contributed by atoms with Gasteiger partial charge in [0, 0.05) is 24.5 Å². The molecule has 7 nitrogen and oxygen atoms in total. The zero-order chi connectivity index (χ0) is 33.4. The summed E-state index contributed by atoms with van der Waals surface area (Å²) >= 11 is 12.8. The molecule has 0 saturated heterocycles. The molecule has 0 bridgehead atoms. The van der Waals surface area contributed by atoms with E-state index in [9.17, 15) is 22.4 Å². The molecule has 46 heavy (non-hydrogen) atoms. The van der Waals surface area contributed by atoms with Crippen LogP contribution in [0, 0.1) is 18.7 Å². The first-order valence-electron chi connectivity index (χ1n) is 14.7. The number of hydrogen-bond acceptors (Lipinski definition) is 4. The summed E-state index contributed by atoms with van der Waals surface area (Å²) in [4.78, 5) is 29.6. The van der Waals surface area contributed by atoms with E-state index < -0.39 is 40.2 Å². The van der Waals surface area contributed by atoms with Crippen LogP contribution in [0.15, 0.2) is 102 Å². The average molecular weight is 685 g/mol. The summed E-state index contributed by atoms with van der Waals surface area (Å²) < 4.78 is 43.1. The summed E-state index contributed by atoms with van der Waals surface area (Å²) in [7, 11) is -4.35. The Morgan fingerprint density at radius 2 is 1.52 bits per heavy atom. The van der Waals surface area contributed by atoms with E-state index in [4.69, 9.17) is 23.2 Å². The van der Waals surface area contributed by atoms with Crippen molar-refractivity contribution in [2.75, 3.05) is 17.4 Å². The molecule has 4 aromatic rings. The summed E-state index contributed by atoms with van der Waals surface area (Å²) in [6.45, 7) is 5.32. The smallest absolute Gasteiger partial charge is 0.264 e. The lowest BCUT2D eigenvalue weighted by Crippen LogP contribution is -2.53. The summed E-state index contributed by atoms with van der Waals surface area (Å²) in [5, 5.41) is 3.21. The highest BCUT2D eigenvalue weighted by atomic mass is 35.5. The normalized spacial score (nSPS) is 12.1. The molecule has 0 fully saturated rings. The highest BCUT2D eigenvalue weighted by Crippen LogP contribution is 2.33. The van der Waals surface area contributed by atoms with Gasteiger partial charge in [-0.2, -0.15) is 0 Å². The van der Waals surface area contributed by atoms with E-state index in [-0.39, 0.29) is 39.5 Å². The van der Waals surface area contributed by atoms with Crippen LogP contribution in [0.2, 0.25) is 10.0 Å². The SMILES string of the molecule is Cc1ccc(S(=O)(=O)N(CC(=O)N(Cc2ccc(F)cc2)C(Cc2ccccc2)C(=O)NCC(C)C)c2cc(Cl)ccc2Cl)cc1. The van der Waals surface area contributed by atoms with Crippen LogP contribution in [0.5, 0.6) is 0 Å². The number of benzene rings is 4. The number of aryl methyl sites for hydroxylation is 1. The molecule has 0 aromatic heterocycles. The molecule has 1 unspecified atom stereocenters. The number of carbonyl (C=O) groups is 2. The molecule has 0 spiro atoms. The molecule has 242 valence electrons. The van der Waals surface area contributed by atoms with Crippen LogP contribution in [0.4, 0.5) is 10.1 Å². The number of sulfonamides is 1. The minimum atomic E-state index is -4.35. The second-order valence-corrected chi connectivity index (χ2v) is 14.1. The van der Waals surface area contributed by atoms with Gasteiger partial charge in [0.15, 0.2) is 0 Å². The van der Waals surface area contributed by atoms with E-state index in [2.05, 4.69) is 5.32 Å². The van der Waals surface area contributed by atoms with E-state index in [1.807, 2.05) is 51.1 Å². The molecule has 2 amide bonds. The number of rotatable bonds is 13. The van der Waals surface area contributed by atoms with Crippen LogP contribution in [0.1, 0.15) is 30.5 Å².